The van der Waals surface area contributed by atoms with E-state index < -0.39 is 7.60 Å². The molecule has 0 saturated heterocycles. The lowest BCUT2D eigenvalue weighted by Gasteiger charge is -2.15. The summed E-state index contributed by atoms with van der Waals surface area (Å²) >= 11 is 0. The lowest BCUT2D eigenvalue weighted by molar-refractivity contribution is 0.393. The molecule has 0 aliphatic heterocycles. The van der Waals surface area contributed by atoms with Crippen molar-refractivity contribution in [1.82, 2.24) is 0 Å². The van der Waals surface area contributed by atoms with Gasteiger partial charge < -0.3 is 9.42 Å². The average Bonchev–Trinajstić information content (AvgIpc) is 2.57. The van der Waals surface area contributed by atoms with E-state index in [1.165, 1.54) is 0 Å². The molecular weight excluding hydrogens is 319 g/mol. The fourth-order valence-corrected chi connectivity index (χ4v) is 3.55. The van der Waals surface area contributed by atoms with Crippen LogP contribution in [0.3, 0.4) is 0 Å². The summed E-state index contributed by atoms with van der Waals surface area (Å²) in [5.74, 6) is 0.380. The highest BCUT2D eigenvalue weighted by atomic mass is 31.2. The standard InChI is InChI=1S/C20H19O3P/c1-15-8-12-19(13-9-15)24(21,22)23-18-11-10-16(2)20(14-18)17-6-4-3-5-7-17/h3-14H,1-2H3,(H,21,22). The van der Waals surface area contributed by atoms with Gasteiger partial charge in [0, 0.05) is 0 Å². The van der Waals surface area contributed by atoms with E-state index in [2.05, 4.69) is 0 Å². The first-order chi connectivity index (χ1) is 11.5. The van der Waals surface area contributed by atoms with E-state index in [1.807, 2.05) is 56.3 Å². The summed E-state index contributed by atoms with van der Waals surface area (Å²) in [6, 6.07) is 22.2. The summed E-state index contributed by atoms with van der Waals surface area (Å²) in [6.45, 7) is 3.93. The number of aryl methyl sites for hydroxylation is 2. The summed E-state index contributed by atoms with van der Waals surface area (Å²) in [4.78, 5) is 10.3. The molecule has 1 unspecified atom stereocenters. The first-order valence-corrected chi connectivity index (χ1v) is 9.29. The Bertz CT molecular complexity index is 887. The molecule has 0 fully saturated rings. The van der Waals surface area contributed by atoms with Crippen LogP contribution in [-0.2, 0) is 4.57 Å². The van der Waals surface area contributed by atoms with Gasteiger partial charge in [0.05, 0.1) is 5.30 Å². The minimum atomic E-state index is -3.91. The molecule has 0 saturated carbocycles. The van der Waals surface area contributed by atoms with Gasteiger partial charge in [-0.3, -0.25) is 0 Å². The molecule has 3 nitrogen and oxygen atoms in total. The molecule has 3 aromatic carbocycles. The number of benzene rings is 3. The van der Waals surface area contributed by atoms with Crippen molar-refractivity contribution in [3.8, 4) is 16.9 Å². The summed E-state index contributed by atoms with van der Waals surface area (Å²) in [6.07, 6.45) is 0. The van der Waals surface area contributed by atoms with E-state index in [4.69, 9.17) is 4.52 Å². The highest BCUT2D eigenvalue weighted by Crippen LogP contribution is 2.42. The fourth-order valence-electron chi connectivity index (χ4n) is 2.52. The lowest BCUT2D eigenvalue weighted by Crippen LogP contribution is -2.09. The topological polar surface area (TPSA) is 46.5 Å². The van der Waals surface area contributed by atoms with Gasteiger partial charge in [-0.25, -0.2) is 4.57 Å². The summed E-state index contributed by atoms with van der Waals surface area (Å²) in [5, 5.41) is 0.287. The Morgan fingerprint density at radius 1 is 0.875 bits per heavy atom. The van der Waals surface area contributed by atoms with E-state index in [9.17, 15) is 9.46 Å². The maximum Gasteiger partial charge on any atom is 0.408 e. The lowest BCUT2D eigenvalue weighted by atomic mass is 10.0. The predicted octanol–water partition coefficient (Wildman–Crippen LogP) is 4.86. The minimum Gasteiger partial charge on any atom is -0.421 e. The Balaban J connectivity index is 1.93. The molecule has 3 rings (SSSR count). The molecule has 0 radical (unpaired) electrons. The van der Waals surface area contributed by atoms with Crippen LogP contribution in [0, 0.1) is 13.8 Å². The van der Waals surface area contributed by atoms with Crippen molar-refractivity contribution in [2.24, 2.45) is 0 Å². The van der Waals surface area contributed by atoms with Gasteiger partial charge in [0.1, 0.15) is 5.75 Å². The van der Waals surface area contributed by atoms with Crippen LogP contribution in [0.1, 0.15) is 11.1 Å². The minimum absolute atomic E-state index is 0.287. The van der Waals surface area contributed by atoms with Crippen LogP contribution in [0.5, 0.6) is 5.75 Å². The Hall–Kier alpha value is -2.35. The number of rotatable bonds is 4. The Labute approximate surface area is 142 Å². The van der Waals surface area contributed by atoms with Crippen molar-refractivity contribution >= 4 is 12.9 Å². The first kappa shape index (κ1) is 16.5. The molecule has 0 spiro atoms. The van der Waals surface area contributed by atoms with Crippen molar-refractivity contribution in [2.45, 2.75) is 13.8 Å². The van der Waals surface area contributed by atoms with Crippen molar-refractivity contribution in [3.05, 3.63) is 83.9 Å². The van der Waals surface area contributed by atoms with Gasteiger partial charge in [0.15, 0.2) is 0 Å². The quantitative estimate of drug-likeness (QED) is 0.691. The molecule has 0 heterocycles. The number of hydrogen-bond donors (Lipinski definition) is 1. The zero-order valence-corrected chi connectivity index (χ0v) is 14.5. The molecule has 122 valence electrons. The molecule has 1 atom stereocenters. The second-order valence-corrected chi connectivity index (χ2v) is 7.53. The molecule has 4 heteroatoms. The Morgan fingerprint density at radius 2 is 1.54 bits per heavy atom. The van der Waals surface area contributed by atoms with Crippen LogP contribution in [0.25, 0.3) is 11.1 Å². The molecule has 0 aliphatic rings. The Morgan fingerprint density at radius 3 is 2.21 bits per heavy atom. The van der Waals surface area contributed by atoms with Crippen molar-refractivity contribution in [2.75, 3.05) is 0 Å². The molecular formula is C20H19O3P. The highest BCUT2D eigenvalue weighted by Gasteiger charge is 2.24. The SMILES string of the molecule is Cc1ccc(P(=O)(O)Oc2ccc(C)c(-c3ccccc3)c2)cc1. The van der Waals surface area contributed by atoms with Crippen molar-refractivity contribution in [3.63, 3.8) is 0 Å². The van der Waals surface area contributed by atoms with Gasteiger partial charge in [-0.05, 0) is 54.8 Å². The molecule has 0 bridgehead atoms. The average molecular weight is 338 g/mol. The van der Waals surface area contributed by atoms with Crippen molar-refractivity contribution in [1.29, 1.82) is 0 Å². The van der Waals surface area contributed by atoms with Crippen LogP contribution >= 0.6 is 7.60 Å². The van der Waals surface area contributed by atoms with Gasteiger partial charge in [-0.2, -0.15) is 0 Å². The molecule has 24 heavy (non-hydrogen) atoms. The van der Waals surface area contributed by atoms with E-state index in [1.54, 1.807) is 30.3 Å². The third kappa shape index (κ3) is 3.59. The fraction of sp³-hybridized carbons (Fsp3) is 0.100. The van der Waals surface area contributed by atoms with Gasteiger partial charge in [0.2, 0.25) is 0 Å². The van der Waals surface area contributed by atoms with Crippen LogP contribution < -0.4 is 9.83 Å². The monoisotopic (exact) mass is 338 g/mol. The first-order valence-electron chi connectivity index (χ1n) is 7.71. The molecule has 0 aromatic heterocycles. The zero-order chi connectivity index (χ0) is 17.2. The molecule has 3 aromatic rings. The number of hydrogen-bond acceptors (Lipinski definition) is 2. The third-order valence-electron chi connectivity index (χ3n) is 3.88. The van der Waals surface area contributed by atoms with Crippen molar-refractivity contribution < 1.29 is 14.0 Å². The van der Waals surface area contributed by atoms with Gasteiger partial charge >= 0.3 is 7.60 Å². The predicted molar refractivity (Wildman–Crippen MR) is 97.9 cm³/mol. The van der Waals surface area contributed by atoms with E-state index in [0.717, 1.165) is 22.3 Å². The van der Waals surface area contributed by atoms with Crippen LogP contribution in [0.4, 0.5) is 0 Å². The summed E-state index contributed by atoms with van der Waals surface area (Å²) in [7, 11) is -3.91. The van der Waals surface area contributed by atoms with E-state index in [-0.39, 0.29) is 5.30 Å². The molecule has 0 aliphatic carbocycles. The van der Waals surface area contributed by atoms with Gasteiger partial charge in [0.25, 0.3) is 0 Å². The van der Waals surface area contributed by atoms with Crippen LogP contribution in [0.2, 0.25) is 0 Å². The maximum atomic E-state index is 12.6. The van der Waals surface area contributed by atoms with Gasteiger partial charge in [-0.1, -0.05) is 54.1 Å². The zero-order valence-electron chi connectivity index (χ0n) is 13.6. The largest absolute Gasteiger partial charge is 0.421 e. The molecule has 1 N–H and O–H groups in total. The van der Waals surface area contributed by atoms with Gasteiger partial charge in [-0.15, -0.1) is 0 Å². The highest BCUT2D eigenvalue weighted by molar-refractivity contribution is 7.61. The normalized spacial score (nSPS) is 13.3. The smallest absolute Gasteiger partial charge is 0.408 e. The van der Waals surface area contributed by atoms with Crippen LogP contribution in [-0.4, -0.2) is 4.89 Å². The second-order valence-electron chi connectivity index (χ2n) is 5.79. The van der Waals surface area contributed by atoms with E-state index >= 15 is 0 Å². The van der Waals surface area contributed by atoms with Crippen LogP contribution in [0.15, 0.2) is 72.8 Å². The molecule has 0 amide bonds. The Kier molecular flexibility index (Phi) is 4.57. The summed E-state index contributed by atoms with van der Waals surface area (Å²) in [5.41, 5.74) is 4.14. The maximum absolute atomic E-state index is 12.6. The third-order valence-corrected chi connectivity index (χ3v) is 5.29. The summed E-state index contributed by atoms with van der Waals surface area (Å²) < 4.78 is 18.0. The van der Waals surface area contributed by atoms with E-state index in [0.29, 0.717) is 5.75 Å². The second kappa shape index (κ2) is 6.64.